The van der Waals surface area contributed by atoms with Crippen molar-refractivity contribution < 1.29 is 18.4 Å². The molecule has 144 valence electrons. The first kappa shape index (κ1) is 19.0. The van der Waals surface area contributed by atoms with Gasteiger partial charge in [0.2, 0.25) is 10.0 Å². The van der Waals surface area contributed by atoms with E-state index in [1.807, 2.05) is 11.9 Å². The molecule has 2 aliphatic heterocycles. The number of benzene rings is 1. The third-order valence-corrected chi connectivity index (χ3v) is 6.88. The van der Waals surface area contributed by atoms with Crippen molar-refractivity contribution in [2.75, 3.05) is 51.2 Å². The highest BCUT2D eigenvalue weighted by atomic mass is 32.2. The van der Waals surface area contributed by atoms with Crippen LogP contribution in [0.15, 0.2) is 23.1 Å². The summed E-state index contributed by atoms with van der Waals surface area (Å²) in [6.07, 6.45) is 0.872. The van der Waals surface area contributed by atoms with Gasteiger partial charge in [0, 0.05) is 45.3 Å². The molecule has 2 heterocycles. The van der Waals surface area contributed by atoms with Crippen molar-refractivity contribution in [1.82, 2.24) is 9.21 Å². The molecule has 3 rings (SSSR count). The predicted octanol–water partition coefficient (Wildman–Crippen LogP) is 0.492. The lowest BCUT2D eigenvalue weighted by Crippen LogP contribution is -2.47. The molecule has 9 nitrogen and oxygen atoms in total. The summed E-state index contributed by atoms with van der Waals surface area (Å²) in [4.78, 5) is 14.7. The van der Waals surface area contributed by atoms with Gasteiger partial charge in [-0.3, -0.25) is 10.1 Å². The van der Waals surface area contributed by atoms with Gasteiger partial charge in [0.1, 0.15) is 5.69 Å². The van der Waals surface area contributed by atoms with Gasteiger partial charge in [0.25, 0.3) is 5.69 Å². The van der Waals surface area contributed by atoms with E-state index >= 15 is 0 Å². The molecule has 2 saturated heterocycles. The Hall–Kier alpha value is -1.75. The van der Waals surface area contributed by atoms with Crippen LogP contribution < -0.4 is 4.90 Å². The van der Waals surface area contributed by atoms with Crippen molar-refractivity contribution in [3.63, 3.8) is 0 Å². The normalized spacial score (nSPS) is 23.2. The van der Waals surface area contributed by atoms with E-state index in [-0.39, 0.29) is 10.6 Å². The Morgan fingerprint density at radius 3 is 2.50 bits per heavy atom. The fraction of sp³-hybridized carbons (Fsp3) is 0.625. The topological polar surface area (TPSA) is 107 Å². The second-order valence-electron chi connectivity index (χ2n) is 6.86. The highest BCUT2D eigenvalue weighted by Gasteiger charge is 2.31. The summed E-state index contributed by atoms with van der Waals surface area (Å²) < 4.78 is 27.1. The summed E-state index contributed by atoms with van der Waals surface area (Å²) in [7, 11) is -1.84. The molecule has 0 unspecified atom stereocenters. The van der Waals surface area contributed by atoms with Crippen molar-refractivity contribution in [1.29, 1.82) is 0 Å². The summed E-state index contributed by atoms with van der Waals surface area (Å²) in [6, 6.07) is 4.06. The maximum absolute atomic E-state index is 12.8. The molecule has 0 aliphatic carbocycles. The maximum atomic E-state index is 12.8. The van der Waals surface area contributed by atoms with Gasteiger partial charge in [-0.25, -0.2) is 8.42 Å². The maximum Gasteiger partial charge on any atom is 0.293 e. The number of nitro groups is 1. The van der Waals surface area contributed by atoms with Crippen LogP contribution in [0.5, 0.6) is 0 Å². The van der Waals surface area contributed by atoms with Crippen LogP contribution in [-0.4, -0.2) is 80.1 Å². The number of sulfonamides is 1. The Labute approximate surface area is 153 Å². The molecule has 10 heteroatoms. The van der Waals surface area contributed by atoms with E-state index < -0.39 is 21.1 Å². The molecular formula is C16H24N4O5S. The van der Waals surface area contributed by atoms with Crippen LogP contribution >= 0.6 is 0 Å². The molecule has 26 heavy (non-hydrogen) atoms. The van der Waals surface area contributed by atoms with Crippen LogP contribution in [0.2, 0.25) is 0 Å². The van der Waals surface area contributed by atoms with Gasteiger partial charge >= 0.3 is 0 Å². The SMILES string of the molecule is CN1CCN(S(=O)(=O)c2ccc(N3CCC[C@@H](O)C3)c([N+](=O)[O-])c2)CC1. The average molecular weight is 384 g/mol. The Balaban J connectivity index is 1.92. The smallest absolute Gasteiger partial charge is 0.293 e. The van der Waals surface area contributed by atoms with E-state index in [1.165, 1.54) is 16.4 Å². The number of hydrogen-bond acceptors (Lipinski definition) is 7. The third-order valence-electron chi connectivity index (χ3n) is 4.98. The number of rotatable bonds is 4. The zero-order chi connectivity index (χ0) is 18.9. The fourth-order valence-electron chi connectivity index (χ4n) is 3.43. The molecule has 0 bridgehead atoms. The van der Waals surface area contributed by atoms with E-state index in [9.17, 15) is 23.6 Å². The summed E-state index contributed by atoms with van der Waals surface area (Å²) in [5, 5.41) is 21.4. The predicted molar refractivity (Wildman–Crippen MR) is 96.8 cm³/mol. The largest absolute Gasteiger partial charge is 0.391 e. The van der Waals surface area contributed by atoms with Crippen LogP contribution in [0.4, 0.5) is 11.4 Å². The van der Waals surface area contributed by atoms with Gasteiger partial charge in [-0.15, -0.1) is 0 Å². The average Bonchev–Trinajstić information content (AvgIpc) is 2.61. The summed E-state index contributed by atoms with van der Waals surface area (Å²) in [5.74, 6) is 0. The highest BCUT2D eigenvalue weighted by molar-refractivity contribution is 7.89. The number of nitrogens with zero attached hydrogens (tertiary/aromatic N) is 4. The molecule has 0 amide bonds. The van der Waals surface area contributed by atoms with Crippen LogP contribution in [0.25, 0.3) is 0 Å². The molecule has 1 aromatic rings. The number of anilines is 1. The van der Waals surface area contributed by atoms with Crippen molar-refractivity contribution in [3.05, 3.63) is 28.3 Å². The lowest BCUT2D eigenvalue weighted by molar-refractivity contribution is -0.384. The Bertz CT molecular complexity index is 777. The number of nitro benzene ring substituents is 1. The van der Waals surface area contributed by atoms with E-state index in [4.69, 9.17) is 0 Å². The quantitative estimate of drug-likeness (QED) is 0.595. The second-order valence-corrected chi connectivity index (χ2v) is 8.79. The fourth-order valence-corrected chi connectivity index (χ4v) is 4.87. The molecule has 0 saturated carbocycles. The number of piperidine rings is 1. The second kappa shape index (κ2) is 7.47. The minimum absolute atomic E-state index is 0.0601. The zero-order valence-corrected chi connectivity index (χ0v) is 15.6. The van der Waals surface area contributed by atoms with E-state index in [0.29, 0.717) is 51.4 Å². The van der Waals surface area contributed by atoms with Gasteiger partial charge in [0.15, 0.2) is 0 Å². The number of β-amino-alcohol motifs (C(OH)–C–C–N with tert-alkyl or cyclic N) is 1. The minimum atomic E-state index is -3.77. The first-order valence-corrected chi connectivity index (χ1v) is 10.1. The standard InChI is InChI=1S/C16H24N4O5S/c1-17-7-9-19(10-8-17)26(24,25)14-4-5-15(16(11-14)20(22)23)18-6-2-3-13(21)12-18/h4-5,11,13,21H,2-3,6-10,12H2,1H3/t13-/m1/s1. The van der Waals surface area contributed by atoms with E-state index in [1.54, 1.807) is 4.90 Å². The van der Waals surface area contributed by atoms with Crippen LogP contribution in [-0.2, 0) is 10.0 Å². The Morgan fingerprint density at radius 2 is 1.88 bits per heavy atom. The number of likely N-dealkylation sites (N-methyl/N-ethyl adjacent to an activating group) is 1. The minimum Gasteiger partial charge on any atom is -0.391 e. The van der Waals surface area contributed by atoms with Crippen molar-refractivity contribution >= 4 is 21.4 Å². The monoisotopic (exact) mass is 384 g/mol. The first-order valence-electron chi connectivity index (χ1n) is 8.69. The molecule has 1 N–H and O–H groups in total. The lowest BCUT2D eigenvalue weighted by atomic mass is 10.1. The molecule has 0 spiro atoms. The molecular weight excluding hydrogens is 360 g/mol. The van der Waals surface area contributed by atoms with Crippen LogP contribution in [0, 0.1) is 10.1 Å². The van der Waals surface area contributed by atoms with Crippen molar-refractivity contribution in [3.8, 4) is 0 Å². The lowest BCUT2D eigenvalue weighted by Gasteiger charge is -2.32. The van der Waals surface area contributed by atoms with Gasteiger partial charge < -0.3 is 14.9 Å². The van der Waals surface area contributed by atoms with Crippen LogP contribution in [0.3, 0.4) is 0 Å². The molecule has 0 radical (unpaired) electrons. The molecule has 2 fully saturated rings. The number of hydrogen-bond donors (Lipinski definition) is 1. The molecule has 2 aliphatic rings. The van der Waals surface area contributed by atoms with Gasteiger partial charge in [-0.2, -0.15) is 4.31 Å². The number of aliphatic hydroxyl groups is 1. The van der Waals surface area contributed by atoms with Gasteiger partial charge in [-0.1, -0.05) is 0 Å². The number of piperazine rings is 1. The summed E-state index contributed by atoms with van der Waals surface area (Å²) in [5.41, 5.74) is 0.111. The summed E-state index contributed by atoms with van der Waals surface area (Å²) in [6.45, 7) is 2.91. The first-order chi connectivity index (χ1) is 12.3. The molecule has 0 aromatic heterocycles. The Morgan fingerprint density at radius 1 is 1.19 bits per heavy atom. The summed E-state index contributed by atoms with van der Waals surface area (Å²) >= 11 is 0. The number of aliphatic hydroxyl groups excluding tert-OH is 1. The van der Waals surface area contributed by atoms with E-state index in [2.05, 4.69) is 0 Å². The molecule has 1 atom stereocenters. The van der Waals surface area contributed by atoms with Gasteiger partial charge in [-0.05, 0) is 32.0 Å². The highest BCUT2D eigenvalue weighted by Crippen LogP contribution is 2.33. The van der Waals surface area contributed by atoms with Crippen molar-refractivity contribution in [2.45, 2.75) is 23.8 Å². The zero-order valence-electron chi connectivity index (χ0n) is 14.7. The molecule has 1 aromatic carbocycles. The third kappa shape index (κ3) is 3.83. The Kier molecular flexibility index (Phi) is 5.47. The van der Waals surface area contributed by atoms with E-state index in [0.717, 1.165) is 12.5 Å². The van der Waals surface area contributed by atoms with Gasteiger partial charge in [0.05, 0.1) is 15.9 Å². The van der Waals surface area contributed by atoms with Crippen molar-refractivity contribution in [2.24, 2.45) is 0 Å². The van der Waals surface area contributed by atoms with Crippen LogP contribution in [0.1, 0.15) is 12.8 Å².